The molecule has 18 nitrogen and oxygen atoms in total. The van der Waals surface area contributed by atoms with Crippen molar-refractivity contribution in [2.45, 2.75) is 310 Å². The van der Waals surface area contributed by atoms with Crippen LogP contribution in [0.3, 0.4) is 0 Å². The minimum atomic E-state index is -0.162. The lowest BCUT2D eigenvalue weighted by molar-refractivity contribution is 0.111. The molecule has 3 aromatic carbocycles. The third kappa shape index (κ3) is 21.4. The van der Waals surface area contributed by atoms with Gasteiger partial charge in [0.1, 0.15) is 16.9 Å². The van der Waals surface area contributed by atoms with Gasteiger partial charge in [0.2, 0.25) is 17.8 Å². The van der Waals surface area contributed by atoms with Crippen molar-refractivity contribution in [1.29, 1.82) is 0 Å². The van der Waals surface area contributed by atoms with Crippen molar-refractivity contribution in [2.75, 3.05) is 55.2 Å². The number of hydrogen-bond acceptors (Lipinski definition) is 15. The summed E-state index contributed by atoms with van der Waals surface area (Å²) in [5.41, 5.74) is 14.5. The van der Waals surface area contributed by atoms with E-state index in [1.807, 2.05) is 18.6 Å². The number of nitrogens with one attached hydrogen (secondary N) is 3. The zero-order valence-electron chi connectivity index (χ0n) is 65.1. The van der Waals surface area contributed by atoms with E-state index in [0.29, 0.717) is 36.3 Å². The maximum absolute atomic E-state index is 10.1. The molecule has 9 heterocycles. The number of aliphatic hydroxyl groups is 3. The molecular formula is C93H135N15O3. The van der Waals surface area contributed by atoms with E-state index in [2.05, 4.69) is 157 Å². The third-order valence-corrected chi connectivity index (χ3v) is 25.5. The third-order valence-electron chi connectivity index (χ3n) is 25.5. The molecule has 0 amide bonds. The Balaban J connectivity index is 0.000000144. The molecule has 6 saturated carbocycles. The van der Waals surface area contributed by atoms with Gasteiger partial charge < -0.3 is 45.0 Å². The van der Waals surface area contributed by atoms with Gasteiger partial charge in [0.15, 0.2) is 0 Å². The first-order valence-corrected chi connectivity index (χ1v) is 42.8. The van der Waals surface area contributed by atoms with Gasteiger partial charge in [-0.1, -0.05) is 153 Å². The van der Waals surface area contributed by atoms with E-state index in [-0.39, 0.29) is 40.6 Å². The second-order valence-corrected chi connectivity index (χ2v) is 34.8. The van der Waals surface area contributed by atoms with Crippen molar-refractivity contribution in [3.63, 3.8) is 0 Å². The molecule has 6 aliphatic carbocycles. The fourth-order valence-corrected chi connectivity index (χ4v) is 18.7. The summed E-state index contributed by atoms with van der Waals surface area (Å²) in [6.45, 7) is 17.2. The van der Waals surface area contributed by atoms with Crippen LogP contribution in [0.25, 0.3) is 66.5 Å². The second kappa shape index (κ2) is 38.2. The lowest BCUT2D eigenvalue weighted by Gasteiger charge is -2.27. The molecule has 1 unspecified atom stereocenters. The SMILES string of the molecule is C.C.C.CC(CC1CC1)Nc1ncc2c(-c3ccc(CN4CCCCC4)cc3)cn(C3CCC(O)CC3)c2n1.C[C@@H](CC1CC1)Nc1ncc2c(-c3ccc(CN4CCCCC4)cc3)cn(C3CCC(O)CC3)c2n1.C[C@H](CC1CC1)Nc1ncc2c(-c3ccc(CN4CCCCC4)cc3)cn(C3CCC(O)CC3)c2n1. The van der Waals surface area contributed by atoms with Gasteiger partial charge in [-0.3, -0.25) is 14.7 Å². The van der Waals surface area contributed by atoms with Crippen molar-refractivity contribution < 1.29 is 15.3 Å². The Labute approximate surface area is 663 Å². The summed E-state index contributed by atoms with van der Waals surface area (Å²) < 4.78 is 7.11. The molecular weight excluding hydrogens is 1380 g/mol. The van der Waals surface area contributed by atoms with Gasteiger partial charge in [0, 0.05) is 126 Å². The van der Waals surface area contributed by atoms with Crippen LogP contribution < -0.4 is 16.0 Å². The van der Waals surface area contributed by atoms with Crippen LogP contribution in [0.1, 0.15) is 270 Å². The van der Waals surface area contributed by atoms with Crippen LogP contribution in [0.2, 0.25) is 0 Å². The van der Waals surface area contributed by atoms with E-state index < -0.39 is 0 Å². The average molecular weight is 1510 g/mol. The van der Waals surface area contributed by atoms with Crippen molar-refractivity contribution in [1.82, 2.24) is 58.3 Å². The quantitative estimate of drug-likeness (QED) is 0.0334. The number of benzene rings is 3. The largest absolute Gasteiger partial charge is 0.393 e. The van der Waals surface area contributed by atoms with E-state index in [9.17, 15) is 15.3 Å². The molecule has 9 aliphatic rings. The highest BCUT2D eigenvalue weighted by molar-refractivity contribution is 5.96. The topological polar surface area (TPSA) is 199 Å². The molecule has 9 fully saturated rings. The zero-order valence-corrected chi connectivity index (χ0v) is 65.1. The molecule has 18 rings (SSSR count). The number of aromatic nitrogens is 9. The van der Waals surface area contributed by atoms with Crippen LogP contribution in [0, 0.1) is 17.8 Å². The van der Waals surface area contributed by atoms with Crippen molar-refractivity contribution in [3.8, 4) is 33.4 Å². The number of hydrogen-bond donors (Lipinski definition) is 6. The molecule has 0 radical (unpaired) electrons. The van der Waals surface area contributed by atoms with Gasteiger partial charge in [-0.05, 0) is 246 Å². The number of rotatable bonds is 24. The van der Waals surface area contributed by atoms with E-state index in [4.69, 9.17) is 29.9 Å². The fraction of sp³-hybridized carbons (Fsp3) is 0.613. The van der Waals surface area contributed by atoms with E-state index in [1.54, 1.807) is 0 Å². The predicted molar refractivity (Wildman–Crippen MR) is 458 cm³/mol. The minimum absolute atomic E-state index is 0. The van der Waals surface area contributed by atoms with Crippen LogP contribution in [0.15, 0.2) is 110 Å². The summed E-state index contributed by atoms with van der Waals surface area (Å²) in [5, 5.41) is 44.3. The highest BCUT2D eigenvalue weighted by Gasteiger charge is 2.31. The maximum Gasteiger partial charge on any atom is 0.224 e. The lowest BCUT2D eigenvalue weighted by atomic mass is 9.93. The Morgan fingerprint density at radius 1 is 0.333 bits per heavy atom. The summed E-state index contributed by atoms with van der Waals surface area (Å²) >= 11 is 0. The Bertz CT molecular complexity index is 3900. The van der Waals surface area contributed by atoms with Crippen LogP contribution in [-0.2, 0) is 19.6 Å². The van der Waals surface area contributed by atoms with Gasteiger partial charge in [-0.25, -0.2) is 15.0 Å². The number of anilines is 3. The highest BCUT2D eigenvalue weighted by atomic mass is 16.3. The molecule has 3 atom stereocenters. The number of nitrogens with zero attached hydrogens (tertiary/aromatic N) is 12. The van der Waals surface area contributed by atoms with E-state index in [0.717, 1.165) is 165 Å². The molecule has 0 spiro atoms. The Hall–Kier alpha value is -7.32. The Kier molecular flexibility index (Phi) is 28.1. The molecule has 3 saturated heterocycles. The summed E-state index contributed by atoms with van der Waals surface area (Å²) in [7, 11) is 0. The number of aliphatic hydroxyl groups excluding tert-OH is 3. The highest BCUT2D eigenvalue weighted by Crippen LogP contribution is 2.43. The molecule has 111 heavy (non-hydrogen) atoms. The first kappa shape index (κ1) is 81.7. The van der Waals surface area contributed by atoms with Crippen molar-refractivity contribution in [3.05, 3.63) is 127 Å². The maximum atomic E-state index is 10.1. The normalized spacial score (nSPS) is 23.5. The molecule has 600 valence electrons. The van der Waals surface area contributed by atoms with Gasteiger partial charge in [0.05, 0.1) is 18.3 Å². The fourth-order valence-electron chi connectivity index (χ4n) is 18.7. The van der Waals surface area contributed by atoms with Gasteiger partial charge in [-0.15, -0.1) is 0 Å². The second-order valence-electron chi connectivity index (χ2n) is 34.8. The molecule has 18 heteroatoms. The van der Waals surface area contributed by atoms with E-state index >= 15 is 0 Å². The number of fused-ring (bicyclic) bond motifs is 3. The average Bonchev–Trinajstić information content (AvgIpc) is 1.63. The first-order valence-electron chi connectivity index (χ1n) is 42.8. The van der Waals surface area contributed by atoms with Crippen LogP contribution in [0.4, 0.5) is 17.8 Å². The predicted octanol–water partition coefficient (Wildman–Crippen LogP) is 20.4. The summed E-state index contributed by atoms with van der Waals surface area (Å²) in [5.74, 6) is 4.81. The number of likely N-dealkylation sites (tertiary alicyclic amines) is 3. The van der Waals surface area contributed by atoms with Gasteiger partial charge >= 0.3 is 0 Å². The lowest BCUT2D eigenvalue weighted by Crippen LogP contribution is -2.28. The molecule has 3 aliphatic heterocycles. The summed E-state index contributed by atoms with van der Waals surface area (Å²) in [6, 6.07) is 29.6. The van der Waals surface area contributed by atoms with Crippen molar-refractivity contribution in [2.24, 2.45) is 17.8 Å². The van der Waals surface area contributed by atoms with Gasteiger partial charge in [-0.2, -0.15) is 15.0 Å². The zero-order chi connectivity index (χ0) is 73.5. The van der Waals surface area contributed by atoms with E-state index in [1.165, 1.54) is 205 Å². The molecule has 0 bridgehead atoms. The van der Waals surface area contributed by atoms with Crippen molar-refractivity contribution >= 4 is 50.9 Å². The Morgan fingerprint density at radius 2 is 0.577 bits per heavy atom. The first-order chi connectivity index (χ1) is 52.9. The summed E-state index contributed by atoms with van der Waals surface area (Å²) in [6.07, 6.45) is 47.4. The molecule has 6 N–H and O–H groups in total. The smallest absolute Gasteiger partial charge is 0.224 e. The van der Waals surface area contributed by atoms with Crippen LogP contribution in [-0.4, -0.2) is 149 Å². The van der Waals surface area contributed by atoms with Crippen LogP contribution >= 0.6 is 0 Å². The van der Waals surface area contributed by atoms with Crippen LogP contribution in [0.5, 0.6) is 0 Å². The minimum Gasteiger partial charge on any atom is -0.393 e. The summed E-state index contributed by atoms with van der Waals surface area (Å²) in [4.78, 5) is 37.1. The molecule has 9 aromatic rings. The Morgan fingerprint density at radius 3 is 0.811 bits per heavy atom. The monoisotopic (exact) mass is 1510 g/mol. The standard InChI is InChI=1S/3C30H41N5O.3CH4/c3*1-21(17-22-5-6-22)32-30-31-18-27-28(20-35(29(27)33-30)25-11-13-26(36)14-12-25)24-9-7-23(8-10-24)19-34-15-3-2-4-16-34;;;/h3*7-10,18,20-22,25-26,36H,2-6,11-17,19H2,1H3,(H,31,32,33);3*1H4/t2*21-,25?,26?;;;;/m10..../s1. The van der Waals surface area contributed by atoms with Gasteiger partial charge in [0.25, 0.3) is 0 Å². The molecule has 6 aromatic heterocycles. The number of piperidine rings is 3.